The molecule has 4 nitrogen and oxygen atoms in total. The average molecular weight is 297 g/mol. The van der Waals surface area contributed by atoms with E-state index in [1.165, 1.54) is 7.11 Å². The molecule has 1 aromatic carbocycles. The number of benzene rings is 1. The summed E-state index contributed by atoms with van der Waals surface area (Å²) in [7, 11) is 0.639. The number of ether oxygens (including phenoxy) is 1. The Hall–Kier alpha value is -1.04. The first-order chi connectivity index (χ1) is 9.19. The van der Waals surface area contributed by atoms with E-state index in [0.29, 0.717) is 16.0 Å². The predicted octanol–water partition coefficient (Wildman–Crippen LogP) is 2.43. The Balaban J connectivity index is 2.47. The van der Waals surface area contributed by atoms with E-state index in [0.717, 1.165) is 0 Å². The van der Waals surface area contributed by atoms with Gasteiger partial charge in [-0.1, -0.05) is 17.7 Å². The molecule has 0 unspecified atom stereocenters. The zero-order valence-corrected chi connectivity index (χ0v) is 13.1. The van der Waals surface area contributed by atoms with Crippen LogP contribution in [0.25, 0.3) is 0 Å². The Morgan fingerprint density at radius 2 is 1.75 bits per heavy atom. The van der Waals surface area contributed by atoms with Gasteiger partial charge >= 0.3 is 13.1 Å². The van der Waals surface area contributed by atoms with Crippen LogP contribution < -0.4 is 5.46 Å². The van der Waals surface area contributed by atoms with E-state index in [9.17, 15) is 4.79 Å². The fraction of sp³-hybridized carbons (Fsp3) is 0.500. The molecular formula is C14H18BClO4. The molecule has 0 atom stereocenters. The largest absolute Gasteiger partial charge is 0.497 e. The Morgan fingerprint density at radius 1 is 1.20 bits per heavy atom. The Morgan fingerprint density at radius 3 is 2.25 bits per heavy atom. The molecule has 0 aliphatic carbocycles. The maximum Gasteiger partial charge on any atom is 0.497 e. The van der Waals surface area contributed by atoms with Gasteiger partial charge in [-0.3, -0.25) is 0 Å². The zero-order valence-electron chi connectivity index (χ0n) is 12.3. The summed E-state index contributed by atoms with van der Waals surface area (Å²) < 4.78 is 16.7. The monoisotopic (exact) mass is 296 g/mol. The molecule has 1 aliphatic rings. The quantitative estimate of drug-likeness (QED) is 0.621. The third-order valence-corrected chi connectivity index (χ3v) is 4.28. The van der Waals surface area contributed by atoms with Crippen LogP contribution in [0, 0.1) is 0 Å². The second-order valence-corrected chi connectivity index (χ2v) is 6.19. The Kier molecular flexibility index (Phi) is 3.89. The van der Waals surface area contributed by atoms with Crippen LogP contribution in [0.3, 0.4) is 0 Å². The molecule has 0 saturated carbocycles. The van der Waals surface area contributed by atoms with Crippen LogP contribution in [0.15, 0.2) is 18.2 Å². The van der Waals surface area contributed by atoms with Gasteiger partial charge in [0, 0.05) is 10.5 Å². The van der Waals surface area contributed by atoms with E-state index >= 15 is 0 Å². The molecule has 1 saturated heterocycles. The lowest BCUT2D eigenvalue weighted by Gasteiger charge is -2.32. The highest BCUT2D eigenvalue weighted by Crippen LogP contribution is 2.37. The zero-order chi connectivity index (χ0) is 15.1. The molecule has 1 aliphatic heterocycles. The molecule has 0 spiro atoms. The maximum absolute atomic E-state index is 11.9. The van der Waals surface area contributed by atoms with Crippen LogP contribution >= 0.6 is 11.6 Å². The second kappa shape index (κ2) is 5.06. The Bertz CT molecular complexity index is 526. The number of halogens is 1. The molecule has 1 heterocycles. The third kappa shape index (κ3) is 2.46. The van der Waals surface area contributed by atoms with Crippen molar-refractivity contribution in [1.82, 2.24) is 0 Å². The van der Waals surface area contributed by atoms with Gasteiger partial charge in [0.1, 0.15) is 0 Å². The van der Waals surface area contributed by atoms with Gasteiger partial charge in [-0.05, 0) is 39.8 Å². The number of methoxy groups -OCH3 is 1. The SMILES string of the molecule is COC(=O)c1cccc(Cl)c1B1OC(C)(C)C(C)(C)O1. The van der Waals surface area contributed by atoms with Gasteiger partial charge in [-0.15, -0.1) is 0 Å². The number of carbonyl (C=O) groups is 1. The lowest BCUT2D eigenvalue weighted by molar-refractivity contribution is 0.00578. The second-order valence-electron chi connectivity index (χ2n) is 5.78. The van der Waals surface area contributed by atoms with E-state index in [2.05, 4.69) is 0 Å². The molecule has 1 aromatic rings. The van der Waals surface area contributed by atoms with E-state index < -0.39 is 24.3 Å². The summed E-state index contributed by atoms with van der Waals surface area (Å²) in [5.41, 5.74) is -0.118. The summed E-state index contributed by atoms with van der Waals surface area (Å²) in [6, 6.07) is 5.05. The molecule has 0 N–H and O–H groups in total. The standard InChI is InChI=1S/C14H18BClO4/c1-13(2)14(3,4)20-15(19-13)11-9(12(17)18-5)7-6-8-10(11)16/h6-8H,1-5H3. The van der Waals surface area contributed by atoms with Gasteiger partial charge in [-0.2, -0.15) is 0 Å². The fourth-order valence-electron chi connectivity index (χ4n) is 2.03. The van der Waals surface area contributed by atoms with E-state index in [1.807, 2.05) is 27.7 Å². The molecule has 0 aromatic heterocycles. The molecule has 6 heteroatoms. The number of hydrogen-bond donors (Lipinski definition) is 0. The van der Waals surface area contributed by atoms with Crippen LogP contribution in [0.2, 0.25) is 5.02 Å². The molecule has 0 bridgehead atoms. The summed E-state index contributed by atoms with van der Waals surface area (Å²) in [4.78, 5) is 11.9. The van der Waals surface area contributed by atoms with Gasteiger partial charge in [0.05, 0.1) is 23.9 Å². The minimum absolute atomic E-state index is 0.360. The van der Waals surface area contributed by atoms with Crippen molar-refractivity contribution in [2.75, 3.05) is 7.11 Å². The molecule has 0 amide bonds. The van der Waals surface area contributed by atoms with Gasteiger partial charge < -0.3 is 14.0 Å². The van der Waals surface area contributed by atoms with Crippen molar-refractivity contribution in [2.45, 2.75) is 38.9 Å². The molecule has 2 rings (SSSR count). The van der Waals surface area contributed by atoms with Crippen molar-refractivity contribution in [1.29, 1.82) is 0 Å². The van der Waals surface area contributed by atoms with Gasteiger partial charge in [-0.25, -0.2) is 4.79 Å². The third-order valence-electron chi connectivity index (χ3n) is 3.95. The van der Waals surface area contributed by atoms with Crippen LogP contribution in [-0.2, 0) is 14.0 Å². The van der Waals surface area contributed by atoms with Crippen molar-refractivity contribution in [3.63, 3.8) is 0 Å². The molecule has 0 radical (unpaired) electrons. The van der Waals surface area contributed by atoms with Crippen LogP contribution in [0.1, 0.15) is 38.1 Å². The highest BCUT2D eigenvalue weighted by Gasteiger charge is 2.53. The summed E-state index contributed by atoms with van der Waals surface area (Å²) >= 11 is 6.23. The number of hydrogen-bond acceptors (Lipinski definition) is 4. The smallest absolute Gasteiger partial charge is 0.465 e. The lowest BCUT2D eigenvalue weighted by Crippen LogP contribution is -2.41. The minimum Gasteiger partial charge on any atom is -0.465 e. The normalized spacial score (nSPS) is 20.0. The topological polar surface area (TPSA) is 44.8 Å². The summed E-state index contributed by atoms with van der Waals surface area (Å²) in [6.07, 6.45) is 0. The first-order valence-corrected chi connectivity index (χ1v) is 6.80. The number of esters is 1. The van der Waals surface area contributed by atoms with Gasteiger partial charge in [0.15, 0.2) is 0 Å². The molecule has 1 fully saturated rings. The van der Waals surface area contributed by atoms with E-state index in [1.54, 1.807) is 18.2 Å². The highest BCUT2D eigenvalue weighted by molar-refractivity contribution is 6.67. The van der Waals surface area contributed by atoms with E-state index in [-0.39, 0.29) is 0 Å². The highest BCUT2D eigenvalue weighted by atomic mass is 35.5. The van der Waals surface area contributed by atoms with Crippen LogP contribution in [0.5, 0.6) is 0 Å². The first kappa shape index (κ1) is 15.4. The predicted molar refractivity (Wildman–Crippen MR) is 78.5 cm³/mol. The van der Waals surface area contributed by atoms with Crippen molar-refractivity contribution < 1.29 is 18.8 Å². The molecular weight excluding hydrogens is 278 g/mol. The fourth-order valence-corrected chi connectivity index (χ4v) is 2.29. The average Bonchev–Trinajstić information content (AvgIpc) is 2.56. The van der Waals surface area contributed by atoms with Gasteiger partial charge in [0.2, 0.25) is 0 Å². The number of rotatable bonds is 2. The first-order valence-electron chi connectivity index (χ1n) is 6.42. The van der Waals surface area contributed by atoms with Crippen LogP contribution in [-0.4, -0.2) is 31.4 Å². The van der Waals surface area contributed by atoms with Crippen LogP contribution in [0.4, 0.5) is 0 Å². The van der Waals surface area contributed by atoms with Crippen molar-refractivity contribution in [3.8, 4) is 0 Å². The van der Waals surface area contributed by atoms with Crippen molar-refractivity contribution in [3.05, 3.63) is 28.8 Å². The minimum atomic E-state index is -0.692. The molecule has 20 heavy (non-hydrogen) atoms. The maximum atomic E-state index is 11.9. The molecule has 108 valence electrons. The van der Waals surface area contributed by atoms with Crippen molar-refractivity contribution in [2.24, 2.45) is 0 Å². The van der Waals surface area contributed by atoms with Crippen molar-refractivity contribution >= 4 is 30.2 Å². The van der Waals surface area contributed by atoms with E-state index in [4.69, 9.17) is 25.6 Å². The Labute approximate surface area is 124 Å². The summed E-state index contributed by atoms with van der Waals surface area (Å²) in [5.74, 6) is -0.461. The lowest BCUT2D eigenvalue weighted by atomic mass is 9.76. The summed E-state index contributed by atoms with van der Waals surface area (Å²) in [5, 5.41) is 0.423. The number of carbonyl (C=O) groups excluding carboxylic acids is 1. The van der Waals surface area contributed by atoms with Gasteiger partial charge in [0.25, 0.3) is 0 Å². The summed E-state index contributed by atoms with van der Waals surface area (Å²) in [6.45, 7) is 7.78.